The summed E-state index contributed by atoms with van der Waals surface area (Å²) < 4.78 is 18.9. The number of nitrogens with zero attached hydrogens (tertiary/aromatic N) is 2. The van der Waals surface area contributed by atoms with Gasteiger partial charge in [-0.15, -0.1) is 0 Å². The maximum Gasteiger partial charge on any atom is 0.260 e. The standard InChI is InChI=1S/C13H14FN3O/c1-8-4-5-9(10(14)7-8)13-16-12(17-18-13)11-3-2-6-15-11/h4-5,7,11,15H,2-3,6H2,1H3. The molecule has 0 bridgehead atoms. The van der Waals surface area contributed by atoms with Crippen molar-refractivity contribution in [2.45, 2.75) is 25.8 Å². The normalized spacial score (nSPS) is 19.3. The van der Waals surface area contributed by atoms with Crippen molar-refractivity contribution >= 4 is 0 Å². The zero-order valence-corrected chi connectivity index (χ0v) is 10.1. The summed E-state index contributed by atoms with van der Waals surface area (Å²) in [5, 5.41) is 7.21. The van der Waals surface area contributed by atoms with E-state index in [1.807, 2.05) is 13.0 Å². The van der Waals surface area contributed by atoms with Crippen LogP contribution in [0.2, 0.25) is 0 Å². The van der Waals surface area contributed by atoms with Gasteiger partial charge in [0.1, 0.15) is 5.82 Å². The summed E-state index contributed by atoms with van der Waals surface area (Å²) >= 11 is 0. The largest absolute Gasteiger partial charge is 0.334 e. The van der Waals surface area contributed by atoms with Gasteiger partial charge in [0.25, 0.3) is 5.89 Å². The average molecular weight is 247 g/mol. The van der Waals surface area contributed by atoms with Gasteiger partial charge >= 0.3 is 0 Å². The monoisotopic (exact) mass is 247 g/mol. The smallest absolute Gasteiger partial charge is 0.260 e. The third kappa shape index (κ3) is 2.01. The number of hydrogen-bond donors (Lipinski definition) is 1. The topological polar surface area (TPSA) is 51.0 Å². The van der Waals surface area contributed by atoms with Gasteiger partial charge in [-0.3, -0.25) is 0 Å². The predicted molar refractivity (Wildman–Crippen MR) is 64.4 cm³/mol. The Labute approximate surface area is 104 Å². The Morgan fingerprint density at radius 3 is 3.06 bits per heavy atom. The van der Waals surface area contributed by atoms with Crippen LogP contribution in [0.15, 0.2) is 22.7 Å². The van der Waals surface area contributed by atoms with E-state index in [2.05, 4.69) is 15.5 Å². The maximum absolute atomic E-state index is 13.8. The van der Waals surface area contributed by atoms with Gasteiger partial charge in [-0.05, 0) is 44.0 Å². The van der Waals surface area contributed by atoms with Crippen molar-refractivity contribution in [1.82, 2.24) is 15.5 Å². The average Bonchev–Trinajstić information content (AvgIpc) is 2.99. The molecule has 3 rings (SSSR count). The molecule has 0 radical (unpaired) electrons. The van der Waals surface area contributed by atoms with Crippen molar-refractivity contribution in [2.24, 2.45) is 0 Å². The molecule has 1 aliphatic heterocycles. The Morgan fingerprint density at radius 1 is 1.44 bits per heavy atom. The van der Waals surface area contributed by atoms with Crippen LogP contribution >= 0.6 is 0 Å². The Hall–Kier alpha value is -1.75. The summed E-state index contributed by atoms with van der Waals surface area (Å²) in [6.45, 7) is 2.81. The molecule has 2 aromatic rings. The first-order valence-corrected chi connectivity index (χ1v) is 6.07. The van der Waals surface area contributed by atoms with E-state index in [0.717, 1.165) is 24.9 Å². The lowest BCUT2D eigenvalue weighted by atomic mass is 10.1. The minimum atomic E-state index is -0.329. The summed E-state index contributed by atoms with van der Waals surface area (Å²) in [5.41, 5.74) is 1.23. The second-order valence-corrected chi connectivity index (χ2v) is 4.59. The van der Waals surface area contributed by atoms with Crippen LogP contribution in [0, 0.1) is 12.7 Å². The van der Waals surface area contributed by atoms with E-state index in [-0.39, 0.29) is 17.7 Å². The van der Waals surface area contributed by atoms with Crippen LogP contribution in [0.25, 0.3) is 11.5 Å². The second-order valence-electron chi connectivity index (χ2n) is 4.59. The number of benzene rings is 1. The van der Waals surface area contributed by atoms with Crippen LogP contribution in [0.1, 0.15) is 30.3 Å². The first kappa shape index (κ1) is 11.3. The fourth-order valence-electron chi connectivity index (χ4n) is 2.18. The summed E-state index contributed by atoms with van der Waals surface area (Å²) in [4.78, 5) is 4.27. The minimum absolute atomic E-state index is 0.135. The van der Waals surface area contributed by atoms with E-state index in [1.54, 1.807) is 6.07 Å². The molecule has 0 spiro atoms. The number of rotatable bonds is 2. The maximum atomic E-state index is 13.8. The van der Waals surface area contributed by atoms with Gasteiger partial charge < -0.3 is 9.84 Å². The fourth-order valence-corrected chi connectivity index (χ4v) is 2.18. The molecule has 1 aliphatic rings. The van der Waals surface area contributed by atoms with Crippen LogP contribution in [-0.2, 0) is 0 Å². The van der Waals surface area contributed by atoms with Crippen LogP contribution in [0.4, 0.5) is 4.39 Å². The van der Waals surface area contributed by atoms with E-state index in [4.69, 9.17) is 4.52 Å². The molecule has 94 valence electrons. The van der Waals surface area contributed by atoms with Crippen molar-refractivity contribution in [3.63, 3.8) is 0 Å². The van der Waals surface area contributed by atoms with Gasteiger partial charge in [0.05, 0.1) is 11.6 Å². The molecule has 1 saturated heterocycles. The van der Waals surface area contributed by atoms with Gasteiger partial charge in [0, 0.05) is 0 Å². The molecule has 0 amide bonds. The van der Waals surface area contributed by atoms with Crippen molar-refractivity contribution < 1.29 is 8.91 Å². The van der Waals surface area contributed by atoms with Crippen LogP contribution in [0.5, 0.6) is 0 Å². The second kappa shape index (κ2) is 4.49. The van der Waals surface area contributed by atoms with Crippen molar-refractivity contribution in [1.29, 1.82) is 0 Å². The van der Waals surface area contributed by atoms with E-state index in [1.165, 1.54) is 6.07 Å². The van der Waals surface area contributed by atoms with Gasteiger partial charge in [0.2, 0.25) is 0 Å². The molecular weight excluding hydrogens is 233 g/mol. The summed E-state index contributed by atoms with van der Waals surface area (Å²) in [5.74, 6) is 0.531. The Balaban J connectivity index is 1.92. The molecule has 5 heteroatoms. The fraction of sp³-hybridized carbons (Fsp3) is 0.385. The summed E-state index contributed by atoms with van der Waals surface area (Å²) in [6, 6.07) is 5.10. The SMILES string of the molecule is Cc1ccc(-c2nc(C3CCCN3)no2)c(F)c1. The molecule has 18 heavy (non-hydrogen) atoms. The number of hydrogen-bond acceptors (Lipinski definition) is 4. The first-order valence-electron chi connectivity index (χ1n) is 6.07. The summed E-state index contributed by atoms with van der Waals surface area (Å²) in [7, 11) is 0. The van der Waals surface area contributed by atoms with Crippen molar-refractivity contribution in [3.05, 3.63) is 35.4 Å². The Kier molecular flexibility index (Phi) is 2.83. The number of halogens is 1. The molecule has 0 saturated carbocycles. The lowest BCUT2D eigenvalue weighted by Crippen LogP contribution is -2.14. The van der Waals surface area contributed by atoms with Gasteiger partial charge in [-0.1, -0.05) is 11.2 Å². The minimum Gasteiger partial charge on any atom is -0.334 e. The van der Waals surface area contributed by atoms with Crippen molar-refractivity contribution in [2.75, 3.05) is 6.54 Å². The quantitative estimate of drug-likeness (QED) is 0.886. The third-order valence-electron chi connectivity index (χ3n) is 3.17. The van der Waals surface area contributed by atoms with Crippen LogP contribution < -0.4 is 5.32 Å². The van der Waals surface area contributed by atoms with Gasteiger partial charge in [-0.25, -0.2) is 4.39 Å². The molecule has 2 heterocycles. The highest BCUT2D eigenvalue weighted by Gasteiger charge is 2.22. The Bertz CT molecular complexity index is 561. The third-order valence-corrected chi connectivity index (χ3v) is 3.17. The first-order chi connectivity index (χ1) is 8.74. The van der Waals surface area contributed by atoms with E-state index < -0.39 is 0 Å². The van der Waals surface area contributed by atoms with E-state index in [0.29, 0.717) is 11.4 Å². The predicted octanol–water partition coefficient (Wildman–Crippen LogP) is 2.61. The van der Waals surface area contributed by atoms with Crippen LogP contribution in [-0.4, -0.2) is 16.7 Å². The molecule has 4 nitrogen and oxygen atoms in total. The zero-order chi connectivity index (χ0) is 12.5. The molecule has 1 fully saturated rings. The lowest BCUT2D eigenvalue weighted by Gasteiger charge is -2.02. The molecule has 1 aromatic heterocycles. The van der Waals surface area contributed by atoms with Gasteiger partial charge in [0.15, 0.2) is 5.82 Å². The highest BCUT2D eigenvalue weighted by Crippen LogP contribution is 2.25. The highest BCUT2D eigenvalue weighted by molar-refractivity contribution is 5.54. The summed E-state index contributed by atoms with van der Waals surface area (Å²) in [6.07, 6.45) is 2.10. The molecule has 1 N–H and O–H groups in total. The van der Waals surface area contributed by atoms with Gasteiger partial charge in [-0.2, -0.15) is 4.98 Å². The lowest BCUT2D eigenvalue weighted by molar-refractivity contribution is 0.410. The van der Waals surface area contributed by atoms with E-state index >= 15 is 0 Å². The molecule has 1 unspecified atom stereocenters. The molecule has 0 aliphatic carbocycles. The Morgan fingerprint density at radius 2 is 2.33 bits per heavy atom. The zero-order valence-electron chi connectivity index (χ0n) is 10.1. The van der Waals surface area contributed by atoms with Crippen molar-refractivity contribution in [3.8, 4) is 11.5 Å². The molecular formula is C13H14FN3O. The molecule has 1 atom stereocenters. The van der Waals surface area contributed by atoms with E-state index in [9.17, 15) is 4.39 Å². The molecule has 1 aromatic carbocycles. The number of nitrogens with one attached hydrogen (secondary N) is 1. The highest BCUT2D eigenvalue weighted by atomic mass is 19.1. The van der Waals surface area contributed by atoms with Crippen LogP contribution in [0.3, 0.4) is 0 Å². The number of aromatic nitrogens is 2. The number of aryl methyl sites for hydroxylation is 1.